The van der Waals surface area contributed by atoms with E-state index in [1.54, 1.807) is 12.1 Å². The fourth-order valence-electron chi connectivity index (χ4n) is 3.56. The van der Waals surface area contributed by atoms with Crippen molar-refractivity contribution in [2.45, 2.75) is 13.3 Å². The molecule has 1 aliphatic rings. The number of primary amides is 1. The van der Waals surface area contributed by atoms with E-state index in [9.17, 15) is 4.79 Å². The van der Waals surface area contributed by atoms with Crippen LogP contribution in [0.25, 0.3) is 22.4 Å². The van der Waals surface area contributed by atoms with Crippen molar-refractivity contribution in [1.29, 1.82) is 0 Å². The molecule has 0 spiro atoms. The minimum Gasteiger partial charge on any atom is -0.408 e. The molecule has 8 heteroatoms. The van der Waals surface area contributed by atoms with Gasteiger partial charge in [-0.25, -0.2) is 14.8 Å². The number of nitrogens with one attached hydrogen (secondary N) is 1. The number of para-hydroxylation sites is 1. The minimum atomic E-state index is -0.859. The maximum atomic E-state index is 11.1. The SMILES string of the molecule is CCCN1CCN(c2ccc(-c3nc4c(OC(N)=O)cccc4[nH]3)cn2)CC1. The van der Waals surface area contributed by atoms with Gasteiger partial charge < -0.3 is 20.4 Å². The molecule has 2 aromatic heterocycles. The lowest BCUT2D eigenvalue weighted by atomic mass is 10.2. The number of amides is 1. The van der Waals surface area contributed by atoms with E-state index in [1.807, 2.05) is 24.4 Å². The normalized spacial score (nSPS) is 15.1. The van der Waals surface area contributed by atoms with Crippen molar-refractivity contribution in [3.63, 3.8) is 0 Å². The van der Waals surface area contributed by atoms with Gasteiger partial charge in [0.2, 0.25) is 0 Å². The number of nitrogens with zero attached hydrogens (tertiary/aromatic N) is 4. The van der Waals surface area contributed by atoms with Crippen LogP contribution in [0.1, 0.15) is 13.3 Å². The Morgan fingerprint density at radius 3 is 2.71 bits per heavy atom. The average molecular weight is 380 g/mol. The van der Waals surface area contributed by atoms with Crippen LogP contribution in [-0.4, -0.2) is 58.7 Å². The smallest absolute Gasteiger partial charge is 0.408 e. The summed E-state index contributed by atoms with van der Waals surface area (Å²) in [6.07, 6.45) is 2.15. The summed E-state index contributed by atoms with van der Waals surface area (Å²) in [6.45, 7) is 7.50. The lowest BCUT2D eigenvalue weighted by Crippen LogP contribution is -2.46. The fraction of sp³-hybridized carbons (Fsp3) is 0.350. The van der Waals surface area contributed by atoms with Crippen molar-refractivity contribution in [2.24, 2.45) is 5.73 Å². The number of carbonyl (C=O) groups excluding carboxylic acids is 1. The molecule has 1 fully saturated rings. The molecule has 8 nitrogen and oxygen atoms in total. The van der Waals surface area contributed by atoms with E-state index >= 15 is 0 Å². The molecule has 3 N–H and O–H groups in total. The Labute approximate surface area is 163 Å². The van der Waals surface area contributed by atoms with Crippen LogP contribution < -0.4 is 15.4 Å². The number of fused-ring (bicyclic) bond motifs is 1. The van der Waals surface area contributed by atoms with Crippen LogP contribution in [0.2, 0.25) is 0 Å². The van der Waals surface area contributed by atoms with Crippen molar-refractivity contribution in [1.82, 2.24) is 19.9 Å². The second-order valence-electron chi connectivity index (χ2n) is 6.89. The van der Waals surface area contributed by atoms with E-state index in [4.69, 9.17) is 10.5 Å². The molecule has 3 aromatic rings. The number of ether oxygens (including phenoxy) is 1. The third kappa shape index (κ3) is 3.77. The largest absolute Gasteiger partial charge is 0.410 e. The number of aromatic amines is 1. The number of imidazole rings is 1. The highest BCUT2D eigenvalue weighted by molar-refractivity contribution is 5.87. The standard InChI is InChI=1S/C20H24N6O2/c1-2-8-25-9-11-26(12-10-25)17-7-6-14(13-22-17)19-23-15-4-3-5-16(18(15)24-19)28-20(21)27/h3-7,13H,2,8-12H2,1H3,(H2,21,27)(H,23,24). The van der Waals surface area contributed by atoms with Gasteiger partial charge in [-0.1, -0.05) is 13.0 Å². The number of pyridine rings is 1. The van der Waals surface area contributed by atoms with E-state index in [2.05, 4.69) is 31.7 Å². The van der Waals surface area contributed by atoms with E-state index in [-0.39, 0.29) is 0 Å². The molecule has 146 valence electrons. The zero-order chi connectivity index (χ0) is 19.5. The van der Waals surface area contributed by atoms with Crippen molar-refractivity contribution < 1.29 is 9.53 Å². The Morgan fingerprint density at radius 2 is 2.04 bits per heavy atom. The Hall–Kier alpha value is -3.13. The van der Waals surface area contributed by atoms with Crippen molar-refractivity contribution in [3.05, 3.63) is 36.5 Å². The van der Waals surface area contributed by atoms with Gasteiger partial charge in [-0.2, -0.15) is 0 Å². The average Bonchev–Trinajstić information content (AvgIpc) is 3.14. The van der Waals surface area contributed by atoms with Crippen LogP contribution in [0.3, 0.4) is 0 Å². The zero-order valence-corrected chi connectivity index (χ0v) is 15.9. The molecule has 0 unspecified atom stereocenters. The number of hydrogen-bond donors (Lipinski definition) is 2. The summed E-state index contributed by atoms with van der Waals surface area (Å²) >= 11 is 0. The summed E-state index contributed by atoms with van der Waals surface area (Å²) in [4.78, 5) is 28.3. The Morgan fingerprint density at radius 1 is 1.21 bits per heavy atom. The molecule has 28 heavy (non-hydrogen) atoms. The summed E-state index contributed by atoms with van der Waals surface area (Å²) in [7, 11) is 0. The molecule has 0 bridgehead atoms. The highest BCUT2D eigenvalue weighted by Crippen LogP contribution is 2.27. The first-order valence-corrected chi connectivity index (χ1v) is 9.54. The molecule has 1 amide bonds. The number of carbonyl (C=O) groups is 1. The van der Waals surface area contributed by atoms with Gasteiger partial charge >= 0.3 is 6.09 Å². The van der Waals surface area contributed by atoms with Gasteiger partial charge in [-0.3, -0.25) is 4.90 Å². The zero-order valence-electron chi connectivity index (χ0n) is 15.9. The highest BCUT2D eigenvalue weighted by Gasteiger charge is 2.18. The van der Waals surface area contributed by atoms with Crippen molar-refractivity contribution in [3.8, 4) is 17.1 Å². The van der Waals surface area contributed by atoms with Gasteiger partial charge in [0.15, 0.2) is 5.75 Å². The lowest BCUT2D eigenvalue weighted by Gasteiger charge is -2.35. The van der Waals surface area contributed by atoms with Crippen LogP contribution in [-0.2, 0) is 0 Å². The number of anilines is 1. The Kier molecular flexibility index (Phi) is 5.12. The van der Waals surface area contributed by atoms with E-state index < -0.39 is 6.09 Å². The topological polar surface area (TPSA) is 100 Å². The third-order valence-electron chi connectivity index (χ3n) is 4.94. The van der Waals surface area contributed by atoms with Gasteiger partial charge in [0.25, 0.3) is 0 Å². The molecule has 0 aliphatic carbocycles. The van der Waals surface area contributed by atoms with E-state index in [0.717, 1.165) is 49.6 Å². The predicted octanol–water partition coefficient (Wildman–Crippen LogP) is 2.61. The van der Waals surface area contributed by atoms with Crippen molar-refractivity contribution >= 4 is 22.9 Å². The molecule has 0 saturated carbocycles. The number of hydrogen-bond acceptors (Lipinski definition) is 6. The number of H-pyrrole nitrogens is 1. The second kappa shape index (κ2) is 7.85. The molecule has 4 rings (SSSR count). The Bertz CT molecular complexity index is 960. The first kappa shape index (κ1) is 18.2. The molecule has 3 heterocycles. The minimum absolute atomic E-state index is 0.335. The molecular formula is C20H24N6O2. The summed E-state index contributed by atoms with van der Waals surface area (Å²) in [5.74, 6) is 1.98. The quantitative estimate of drug-likeness (QED) is 0.706. The first-order chi connectivity index (χ1) is 13.6. The van der Waals surface area contributed by atoms with Crippen molar-refractivity contribution in [2.75, 3.05) is 37.6 Å². The molecule has 1 saturated heterocycles. The molecule has 1 aromatic carbocycles. The second-order valence-corrected chi connectivity index (χ2v) is 6.89. The fourth-order valence-corrected chi connectivity index (χ4v) is 3.56. The van der Waals surface area contributed by atoms with Crippen LogP contribution in [0.15, 0.2) is 36.5 Å². The van der Waals surface area contributed by atoms with Crippen LogP contribution in [0, 0.1) is 0 Å². The summed E-state index contributed by atoms with van der Waals surface area (Å²) in [5, 5.41) is 0. The number of piperazine rings is 1. The first-order valence-electron chi connectivity index (χ1n) is 9.54. The number of nitrogens with two attached hydrogens (primary N) is 1. The Balaban J connectivity index is 1.52. The molecule has 0 atom stereocenters. The van der Waals surface area contributed by atoms with Gasteiger partial charge in [0.05, 0.1) is 5.52 Å². The third-order valence-corrected chi connectivity index (χ3v) is 4.94. The maximum Gasteiger partial charge on any atom is 0.410 e. The number of aromatic nitrogens is 3. The highest BCUT2D eigenvalue weighted by atomic mass is 16.5. The van der Waals surface area contributed by atoms with Gasteiger partial charge in [0, 0.05) is 37.9 Å². The van der Waals surface area contributed by atoms with E-state index in [1.165, 1.54) is 6.42 Å². The van der Waals surface area contributed by atoms with Gasteiger partial charge in [0.1, 0.15) is 17.2 Å². The molecule has 0 radical (unpaired) electrons. The number of rotatable bonds is 5. The van der Waals surface area contributed by atoms with E-state index in [0.29, 0.717) is 17.1 Å². The summed E-state index contributed by atoms with van der Waals surface area (Å²) < 4.78 is 5.03. The van der Waals surface area contributed by atoms with Crippen LogP contribution in [0.4, 0.5) is 10.6 Å². The van der Waals surface area contributed by atoms with Gasteiger partial charge in [-0.15, -0.1) is 0 Å². The lowest BCUT2D eigenvalue weighted by molar-refractivity contribution is 0.211. The maximum absolute atomic E-state index is 11.1. The summed E-state index contributed by atoms with van der Waals surface area (Å²) in [5.41, 5.74) is 7.33. The monoisotopic (exact) mass is 380 g/mol. The van der Waals surface area contributed by atoms with Crippen LogP contribution >= 0.6 is 0 Å². The van der Waals surface area contributed by atoms with Crippen LogP contribution in [0.5, 0.6) is 5.75 Å². The molecular weight excluding hydrogens is 356 g/mol. The summed E-state index contributed by atoms with van der Waals surface area (Å²) in [6, 6.07) is 9.35. The number of benzene rings is 1. The van der Waals surface area contributed by atoms with Gasteiger partial charge in [-0.05, 0) is 37.2 Å². The predicted molar refractivity (Wildman–Crippen MR) is 108 cm³/mol. The molecule has 1 aliphatic heterocycles.